The smallest absolute Gasteiger partial charge is 0.366 e. The lowest BCUT2D eigenvalue weighted by Gasteiger charge is -2.21. The van der Waals surface area contributed by atoms with E-state index in [2.05, 4.69) is 10.3 Å². The van der Waals surface area contributed by atoms with Gasteiger partial charge in [-0.1, -0.05) is 0 Å². The van der Waals surface area contributed by atoms with Gasteiger partial charge in [-0.25, -0.2) is 0 Å². The van der Waals surface area contributed by atoms with Crippen molar-refractivity contribution < 1.29 is 13.2 Å². The molecule has 1 aromatic rings. The highest BCUT2D eigenvalue weighted by Gasteiger charge is 2.29. The molecule has 1 aliphatic rings. The lowest BCUT2D eigenvalue weighted by molar-refractivity contribution is -0.119. The van der Waals surface area contributed by atoms with Crippen molar-refractivity contribution in [2.75, 3.05) is 18.5 Å². The van der Waals surface area contributed by atoms with Crippen molar-refractivity contribution in [3.05, 3.63) is 24.0 Å². The van der Waals surface area contributed by atoms with E-state index in [0.29, 0.717) is 18.3 Å². The Labute approximate surface area is 104 Å². The van der Waals surface area contributed by atoms with Gasteiger partial charge in [0.15, 0.2) is 0 Å². The van der Waals surface area contributed by atoms with Crippen LogP contribution in [0, 0.1) is 0 Å². The van der Waals surface area contributed by atoms with Crippen LogP contribution in [-0.2, 0) is 6.54 Å². The Bertz CT molecular complexity index is 402. The van der Waals surface area contributed by atoms with Gasteiger partial charge in [-0.3, -0.25) is 4.98 Å². The summed E-state index contributed by atoms with van der Waals surface area (Å²) in [6.45, 7) is -0.342. The third kappa shape index (κ3) is 4.18. The van der Waals surface area contributed by atoms with Crippen LogP contribution in [0.15, 0.2) is 18.3 Å². The van der Waals surface area contributed by atoms with Crippen LogP contribution in [0.4, 0.5) is 18.9 Å². The molecular weight excluding hydrogens is 243 g/mol. The molecule has 0 spiro atoms. The quantitative estimate of drug-likeness (QED) is 0.879. The monoisotopic (exact) mass is 259 g/mol. The minimum atomic E-state index is -4.19. The van der Waals surface area contributed by atoms with Gasteiger partial charge in [-0.2, -0.15) is 13.2 Å². The first kappa shape index (κ1) is 13.1. The van der Waals surface area contributed by atoms with E-state index in [9.17, 15) is 13.2 Å². The zero-order chi connectivity index (χ0) is 13.2. The number of nitrogens with zero attached hydrogens (tertiary/aromatic N) is 2. The SMILES string of the molecule is CN(CC(F)(F)F)c1ccnc(CNC2CC2)c1. The van der Waals surface area contributed by atoms with Crippen molar-refractivity contribution in [3.63, 3.8) is 0 Å². The fourth-order valence-electron chi connectivity index (χ4n) is 1.70. The highest BCUT2D eigenvalue weighted by molar-refractivity contribution is 5.45. The number of alkyl halides is 3. The maximum Gasteiger partial charge on any atom is 0.405 e. The summed E-state index contributed by atoms with van der Waals surface area (Å²) < 4.78 is 36.9. The Hall–Kier alpha value is -1.30. The molecule has 1 aliphatic carbocycles. The molecule has 3 nitrogen and oxygen atoms in total. The number of anilines is 1. The fourth-order valence-corrected chi connectivity index (χ4v) is 1.70. The van der Waals surface area contributed by atoms with Crippen LogP contribution in [0.25, 0.3) is 0 Å². The van der Waals surface area contributed by atoms with Crippen molar-refractivity contribution in [1.29, 1.82) is 0 Å². The second kappa shape index (κ2) is 5.14. The first-order valence-electron chi connectivity index (χ1n) is 5.90. The molecule has 0 radical (unpaired) electrons. The molecular formula is C12H16F3N3. The molecule has 1 N–H and O–H groups in total. The normalized spacial score (nSPS) is 15.8. The predicted molar refractivity (Wildman–Crippen MR) is 63.4 cm³/mol. The zero-order valence-corrected chi connectivity index (χ0v) is 10.2. The molecule has 1 saturated carbocycles. The van der Waals surface area contributed by atoms with Crippen molar-refractivity contribution >= 4 is 5.69 Å². The average Bonchev–Trinajstić information content (AvgIpc) is 3.08. The van der Waals surface area contributed by atoms with E-state index in [1.165, 1.54) is 24.8 Å². The molecule has 1 heterocycles. The molecule has 0 aromatic carbocycles. The average molecular weight is 259 g/mol. The van der Waals surface area contributed by atoms with Crippen LogP contribution in [0.2, 0.25) is 0 Å². The van der Waals surface area contributed by atoms with Crippen molar-refractivity contribution in [3.8, 4) is 0 Å². The van der Waals surface area contributed by atoms with Gasteiger partial charge < -0.3 is 10.2 Å². The van der Waals surface area contributed by atoms with Gasteiger partial charge in [0.05, 0.1) is 5.69 Å². The van der Waals surface area contributed by atoms with Crippen LogP contribution >= 0.6 is 0 Å². The highest BCUT2D eigenvalue weighted by atomic mass is 19.4. The molecule has 0 amide bonds. The van der Waals surface area contributed by atoms with E-state index < -0.39 is 12.7 Å². The van der Waals surface area contributed by atoms with Crippen LogP contribution in [0.3, 0.4) is 0 Å². The van der Waals surface area contributed by atoms with Crippen molar-refractivity contribution in [1.82, 2.24) is 10.3 Å². The molecule has 0 unspecified atom stereocenters. The Morgan fingerprint density at radius 3 is 2.78 bits per heavy atom. The first-order valence-corrected chi connectivity index (χ1v) is 5.90. The maximum atomic E-state index is 12.3. The summed E-state index contributed by atoms with van der Waals surface area (Å²) >= 11 is 0. The third-order valence-corrected chi connectivity index (χ3v) is 2.81. The Morgan fingerprint density at radius 2 is 2.17 bits per heavy atom. The second-order valence-corrected chi connectivity index (χ2v) is 4.63. The molecule has 18 heavy (non-hydrogen) atoms. The summed E-state index contributed by atoms with van der Waals surface area (Å²) in [6.07, 6.45) is -0.294. The maximum absolute atomic E-state index is 12.3. The van der Waals surface area contributed by atoms with E-state index in [1.54, 1.807) is 18.3 Å². The van der Waals surface area contributed by atoms with Gasteiger partial charge in [0, 0.05) is 31.5 Å². The van der Waals surface area contributed by atoms with E-state index >= 15 is 0 Å². The summed E-state index contributed by atoms with van der Waals surface area (Å²) in [7, 11) is 1.43. The molecule has 0 saturated heterocycles. The van der Waals surface area contributed by atoms with Gasteiger partial charge in [0.1, 0.15) is 6.54 Å². The Kier molecular flexibility index (Phi) is 3.75. The third-order valence-electron chi connectivity index (χ3n) is 2.81. The van der Waals surface area contributed by atoms with Crippen LogP contribution in [0.5, 0.6) is 0 Å². The van der Waals surface area contributed by atoms with E-state index in [1.807, 2.05) is 0 Å². The Morgan fingerprint density at radius 1 is 1.44 bits per heavy atom. The van der Waals surface area contributed by atoms with Crippen LogP contribution in [-0.4, -0.2) is 30.8 Å². The molecule has 100 valence electrons. The molecule has 0 aliphatic heterocycles. The van der Waals surface area contributed by atoms with Gasteiger partial charge in [-0.15, -0.1) is 0 Å². The van der Waals surface area contributed by atoms with Gasteiger partial charge in [0.25, 0.3) is 0 Å². The van der Waals surface area contributed by atoms with E-state index in [4.69, 9.17) is 0 Å². The number of aromatic nitrogens is 1. The minimum Gasteiger partial charge on any atom is -0.366 e. The second-order valence-electron chi connectivity index (χ2n) is 4.63. The lowest BCUT2D eigenvalue weighted by atomic mass is 10.3. The summed E-state index contributed by atoms with van der Waals surface area (Å²) in [6, 6.07) is 3.84. The van der Waals surface area contributed by atoms with Crippen molar-refractivity contribution in [2.24, 2.45) is 0 Å². The molecule has 1 fully saturated rings. The molecule has 6 heteroatoms. The molecule has 0 atom stereocenters. The first-order chi connectivity index (χ1) is 8.44. The van der Waals surface area contributed by atoms with Crippen LogP contribution in [0.1, 0.15) is 18.5 Å². The number of pyridine rings is 1. The summed E-state index contributed by atoms with van der Waals surface area (Å²) in [5, 5.41) is 3.28. The zero-order valence-electron chi connectivity index (χ0n) is 10.2. The molecule has 1 aromatic heterocycles. The summed E-state index contributed by atoms with van der Waals surface area (Å²) in [4.78, 5) is 5.33. The van der Waals surface area contributed by atoms with Crippen LogP contribution < -0.4 is 10.2 Å². The number of hydrogen-bond acceptors (Lipinski definition) is 3. The van der Waals surface area contributed by atoms with E-state index in [-0.39, 0.29) is 0 Å². The standard InChI is InChI=1S/C12H16F3N3/c1-18(8-12(13,14)15)11-4-5-16-10(6-11)7-17-9-2-3-9/h4-6,9,17H,2-3,7-8H2,1H3. The largest absolute Gasteiger partial charge is 0.405 e. The molecule has 2 rings (SSSR count). The number of hydrogen-bond donors (Lipinski definition) is 1. The lowest BCUT2D eigenvalue weighted by Crippen LogP contribution is -2.31. The Balaban J connectivity index is 1.96. The minimum absolute atomic E-state index is 0.537. The summed E-state index contributed by atoms with van der Waals surface area (Å²) in [5.41, 5.74) is 1.31. The fraction of sp³-hybridized carbons (Fsp3) is 0.583. The summed E-state index contributed by atoms with van der Waals surface area (Å²) in [5.74, 6) is 0. The van der Waals surface area contributed by atoms with Gasteiger partial charge >= 0.3 is 6.18 Å². The van der Waals surface area contributed by atoms with Gasteiger partial charge in [0.2, 0.25) is 0 Å². The van der Waals surface area contributed by atoms with E-state index in [0.717, 1.165) is 5.69 Å². The topological polar surface area (TPSA) is 28.2 Å². The molecule has 0 bridgehead atoms. The number of halogens is 3. The predicted octanol–water partition coefficient (Wildman–Crippen LogP) is 2.33. The van der Waals surface area contributed by atoms with Crippen molar-refractivity contribution in [2.45, 2.75) is 31.6 Å². The number of nitrogens with one attached hydrogen (secondary N) is 1. The number of rotatable bonds is 5. The van der Waals surface area contributed by atoms with Gasteiger partial charge in [-0.05, 0) is 25.0 Å². The highest BCUT2D eigenvalue weighted by Crippen LogP contribution is 2.22.